The van der Waals surface area contributed by atoms with Gasteiger partial charge in [0.2, 0.25) is 0 Å². The molecule has 28 heavy (non-hydrogen) atoms. The van der Waals surface area contributed by atoms with Crippen LogP contribution in [0.4, 0.5) is 4.79 Å². The zero-order chi connectivity index (χ0) is 20.1. The van der Waals surface area contributed by atoms with Gasteiger partial charge in [-0.25, -0.2) is 4.79 Å². The van der Waals surface area contributed by atoms with Crippen molar-refractivity contribution in [1.29, 1.82) is 0 Å². The van der Waals surface area contributed by atoms with Crippen LogP contribution in [-0.4, -0.2) is 60.7 Å². The lowest BCUT2D eigenvalue weighted by Gasteiger charge is -2.29. The molecule has 0 radical (unpaired) electrons. The average Bonchev–Trinajstić information content (AvgIpc) is 2.72. The molecule has 2 aromatic rings. The maximum Gasteiger partial charge on any atom is 0.407 e. The van der Waals surface area contributed by atoms with Crippen LogP contribution in [0.1, 0.15) is 23.2 Å². The molecule has 0 bridgehead atoms. The van der Waals surface area contributed by atoms with Crippen LogP contribution in [0.15, 0.2) is 48.5 Å². The van der Waals surface area contributed by atoms with Crippen LogP contribution in [0.5, 0.6) is 5.75 Å². The lowest BCUT2D eigenvalue weighted by atomic mass is 9.98. The van der Waals surface area contributed by atoms with Crippen molar-refractivity contribution >= 4 is 12.0 Å². The third kappa shape index (κ3) is 4.82. The SMILES string of the molecule is CN(C)C(=O)c1ccc(-c2ccc(OCC3CCN(C(=O)O)CC3)cc2)cc1. The van der Waals surface area contributed by atoms with Gasteiger partial charge in [0, 0.05) is 32.7 Å². The minimum atomic E-state index is -0.839. The molecular formula is C22H26N2O4. The zero-order valence-electron chi connectivity index (χ0n) is 16.3. The van der Waals surface area contributed by atoms with Crippen LogP contribution in [0, 0.1) is 5.92 Å². The number of nitrogens with zero attached hydrogens (tertiary/aromatic N) is 2. The van der Waals surface area contributed by atoms with Crippen LogP contribution in [0.2, 0.25) is 0 Å². The lowest BCUT2D eigenvalue weighted by molar-refractivity contribution is 0.0827. The van der Waals surface area contributed by atoms with Gasteiger partial charge in [-0.2, -0.15) is 0 Å². The molecule has 1 heterocycles. The molecule has 0 atom stereocenters. The second-order valence-electron chi connectivity index (χ2n) is 7.33. The molecule has 1 N–H and O–H groups in total. The molecule has 0 spiro atoms. The number of carbonyl (C=O) groups excluding carboxylic acids is 1. The highest BCUT2D eigenvalue weighted by Crippen LogP contribution is 2.24. The van der Waals surface area contributed by atoms with Crippen molar-refractivity contribution in [2.45, 2.75) is 12.8 Å². The van der Waals surface area contributed by atoms with E-state index >= 15 is 0 Å². The summed E-state index contributed by atoms with van der Waals surface area (Å²) in [7, 11) is 3.48. The second-order valence-corrected chi connectivity index (χ2v) is 7.33. The van der Waals surface area contributed by atoms with Crippen LogP contribution >= 0.6 is 0 Å². The van der Waals surface area contributed by atoms with E-state index in [1.165, 1.54) is 4.90 Å². The molecule has 1 saturated heterocycles. The van der Waals surface area contributed by atoms with Gasteiger partial charge in [0.15, 0.2) is 0 Å². The fraction of sp³-hybridized carbons (Fsp3) is 0.364. The average molecular weight is 382 g/mol. The molecule has 1 aliphatic rings. The largest absolute Gasteiger partial charge is 0.493 e. The molecule has 0 unspecified atom stereocenters. The summed E-state index contributed by atoms with van der Waals surface area (Å²) in [5.74, 6) is 1.19. The summed E-state index contributed by atoms with van der Waals surface area (Å²) in [6.45, 7) is 1.76. The van der Waals surface area contributed by atoms with E-state index in [4.69, 9.17) is 9.84 Å². The van der Waals surface area contributed by atoms with E-state index in [1.807, 2.05) is 48.5 Å². The highest BCUT2D eigenvalue weighted by molar-refractivity contribution is 5.94. The van der Waals surface area contributed by atoms with E-state index in [9.17, 15) is 9.59 Å². The van der Waals surface area contributed by atoms with E-state index in [1.54, 1.807) is 19.0 Å². The Morgan fingerprint density at radius 1 is 1.00 bits per heavy atom. The van der Waals surface area contributed by atoms with Crippen molar-refractivity contribution in [3.8, 4) is 16.9 Å². The van der Waals surface area contributed by atoms with E-state index in [2.05, 4.69) is 0 Å². The lowest BCUT2D eigenvalue weighted by Crippen LogP contribution is -2.38. The standard InChI is InChI=1S/C22H26N2O4/c1-23(2)21(25)19-5-3-17(4-6-19)18-7-9-20(10-8-18)28-15-16-11-13-24(14-12-16)22(26)27/h3-10,16H,11-15H2,1-2H3,(H,26,27). The number of likely N-dealkylation sites (tertiary alicyclic amines) is 1. The van der Waals surface area contributed by atoms with Gasteiger partial charge in [0.1, 0.15) is 5.75 Å². The van der Waals surface area contributed by atoms with E-state index in [-0.39, 0.29) is 5.91 Å². The molecular weight excluding hydrogens is 356 g/mol. The van der Waals surface area contributed by atoms with Gasteiger partial charge in [-0.15, -0.1) is 0 Å². The molecule has 6 nitrogen and oxygen atoms in total. The van der Waals surface area contributed by atoms with Gasteiger partial charge < -0.3 is 19.6 Å². The molecule has 6 heteroatoms. The molecule has 3 rings (SSSR count). The van der Waals surface area contributed by atoms with Crippen LogP contribution < -0.4 is 4.74 Å². The minimum Gasteiger partial charge on any atom is -0.493 e. The molecule has 0 saturated carbocycles. The number of hydrogen-bond acceptors (Lipinski definition) is 3. The Labute approximate surface area is 165 Å². The topological polar surface area (TPSA) is 70.1 Å². The summed E-state index contributed by atoms with van der Waals surface area (Å²) in [4.78, 5) is 25.9. The van der Waals surface area contributed by atoms with Crippen LogP contribution in [-0.2, 0) is 0 Å². The van der Waals surface area contributed by atoms with Crippen molar-refractivity contribution < 1.29 is 19.4 Å². The quantitative estimate of drug-likeness (QED) is 0.853. The maximum atomic E-state index is 12.0. The van der Waals surface area contributed by atoms with E-state index in [0.29, 0.717) is 31.2 Å². The summed E-state index contributed by atoms with van der Waals surface area (Å²) in [5, 5.41) is 8.99. The third-order valence-corrected chi connectivity index (χ3v) is 5.10. The second kappa shape index (κ2) is 8.78. The summed E-state index contributed by atoms with van der Waals surface area (Å²) in [6.07, 6.45) is 0.833. The molecule has 2 aromatic carbocycles. The van der Waals surface area contributed by atoms with E-state index < -0.39 is 6.09 Å². The molecule has 1 fully saturated rings. The molecule has 0 aliphatic carbocycles. The smallest absolute Gasteiger partial charge is 0.407 e. The first-order chi connectivity index (χ1) is 13.4. The first kappa shape index (κ1) is 19.7. The Morgan fingerprint density at radius 2 is 1.54 bits per heavy atom. The van der Waals surface area contributed by atoms with Crippen molar-refractivity contribution in [3.05, 3.63) is 54.1 Å². The van der Waals surface area contributed by atoms with Gasteiger partial charge >= 0.3 is 6.09 Å². The van der Waals surface area contributed by atoms with E-state index in [0.717, 1.165) is 29.7 Å². The summed E-state index contributed by atoms with van der Waals surface area (Å²) in [5.41, 5.74) is 2.77. The Morgan fingerprint density at radius 3 is 2.04 bits per heavy atom. The summed E-state index contributed by atoms with van der Waals surface area (Å²) >= 11 is 0. The van der Waals surface area contributed by atoms with Crippen LogP contribution in [0.25, 0.3) is 11.1 Å². The number of hydrogen-bond donors (Lipinski definition) is 1. The van der Waals surface area contributed by atoms with Gasteiger partial charge in [-0.1, -0.05) is 24.3 Å². The zero-order valence-corrected chi connectivity index (χ0v) is 16.3. The van der Waals surface area contributed by atoms with Crippen molar-refractivity contribution in [2.24, 2.45) is 5.92 Å². The number of benzene rings is 2. The van der Waals surface area contributed by atoms with Crippen molar-refractivity contribution in [3.63, 3.8) is 0 Å². The predicted molar refractivity (Wildman–Crippen MR) is 108 cm³/mol. The van der Waals surface area contributed by atoms with Crippen molar-refractivity contribution in [1.82, 2.24) is 9.80 Å². The Bertz CT molecular complexity index is 807. The molecule has 148 valence electrons. The number of carbonyl (C=O) groups is 2. The van der Waals surface area contributed by atoms with Gasteiger partial charge in [-0.3, -0.25) is 4.79 Å². The van der Waals surface area contributed by atoms with Gasteiger partial charge in [-0.05, 0) is 54.2 Å². The Kier molecular flexibility index (Phi) is 6.19. The minimum absolute atomic E-state index is 0.00974. The summed E-state index contributed by atoms with van der Waals surface area (Å²) in [6, 6.07) is 15.5. The maximum absolute atomic E-state index is 12.0. The van der Waals surface area contributed by atoms with Crippen LogP contribution in [0.3, 0.4) is 0 Å². The summed E-state index contributed by atoms with van der Waals surface area (Å²) < 4.78 is 5.89. The fourth-order valence-corrected chi connectivity index (χ4v) is 3.31. The normalized spacial score (nSPS) is 14.6. The highest BCUT2D eigenvalue weighted by Gasteiger charge is 2.22. The monoisotopic (exact) mass is 382 g/mol. The molecule has 1 aliphatic heterocycles. The predicted octanol–water partition coefficient (Wildman–Crippen LogP) is 3.82. The fourth-order valence-electron chi connectivity index (χ4n) is 3.31. The Hall–Kier alpha value is -3.02. The third-order valence-electron chi connectivity index (χ3n) is 5.10. The first-order valence-electron chi connectivity index (χ1n) is 9.47. The number of ether oxygens (including phenoxy) is 1. The van der Waals surface area contributed by atoms with Gasteiger partial charge in [0.05, 0.1) is 6.61 Å². The Balaban J connectivity index is 1.54. The number of piperidine rings is 1. The van der Waals surface area contributed by atoms with Gasteiger partial charge in [0.25, 0.3) is 5.91 Å². The van der Waals surface area contributed by atoms with Crippen molar-refractivity contribution in [2.75, 3.05) is 33.8 Å². The first-order valence-corrected chi connectivity index (χ1v) is 9.47. The number of amides is 2. The number of rotatable bonds is 5. The number of carboxylic acid groups (broad SMARTS) is 1. The highest BCUT2D eigenvalue weighted by atomic mass is 16.5. The molecule has 0 aromatic heterocycles. The molecule has 2 amide bonds.